The fourth-order valence-corrected chi connectivity index (χ4v) is 3.18. The summed E-state index contributed by atoms with van der Waals surface area (Å²) in [6.07, 6.45) is 3.52. The largest absolute Gasteiger partial charge is 0.491 e. The number of hydrogen-bond donors (Lipinski definition) is 0. The topological polar surface area (TPSA) is 9.23 Å². The van der Waals surface area contributed by atoms with Gasteiger partial charge in [-0.05, 0) is 44.6 Å². The fraction of sp³-hybridized carbons (Fsp3) is 0.600. The van der Waals surface area contributed by atoms with E-state index in [1.807, 2.05) is 6.07 Å². The Kier molecular flexibility index (Phi) is 3.67. The van der Waals surface area contributed by atoms with Gasteiger partial charge in [0, 0.05) is 10.9 Å². The Morgan fingerprint density at radius 1 is 1.35 bits per heavy atom. The molecule has 0 spiro atoms. The van der Waals surface area contributed by atoms with E-state index in [9.17, 15) is 0 Å². The molecule has 0 bridgehead atoms. The molecule has 1 aromatic rings. The highest BCUT2D eigenvalue weighted by molar-refractivity contribution is 6.20. The number of alkyl halides is 1. The van der Waals surface area contributed by atoms with E-state index in [0.29, 0.717) is 5.38 Å². The molecule has 0 amide bonds. The van der Waals surface area contributed by atoms with Crippen molar-refractivity contribution >= 4 is 11.6 Å². The Morgan fingerprint density at radius 3 is 2.65 bits per heavy atom. The van der Waals surface area contributed by atoms with E-state index in [4.69, 9.17) is 16.3 Å². The van der Waals surface area contributed by atoms with Crippen LogP contribution in [0, 0.1) is 0 Å². The predicted octanol–water partition coefficient (Wildman–Crippen LogP) is 4.52. The zero-order valence-electron chi connectivity index (χ0n) is 10.9. The lowest BCUT2D eigenvalue weighted by atomic mass is 9.80. The van der Waals surface area contributed by atoms with Gasteiger partial charge in [-0.25, -0.2) is 0 Å². The van der Waals surface area contributed by atoms with Crippen molar-refractivity contribution in [2.24, 2.45) is 0 Å². The van der Waals surface area contributed by atoms with Crippen LogP contribution in [0.25, 0.3) is 0 Å². The highest BCUT2D eigenvalue weighted by Crippen LogP contribution is 2.46. The molecule has 0 heterocycles. The fourth-order valence-electron chi connectivity index (χ4n) is 2.73. The summed E-state index contributed by atoms with van der Waals surface area (Å²) in [6, 6.07) is 8.39. The number of hydrogen-bond acceptors (Lipinski definition) is 1. The van der Waals surface area contributed by atoms with Crippen LogP contribution in [0.4, 0.5) is 0 Å². The first kappa shape index (κ1) is 12.8. The third-order valence-corrected chi connectivity index (χ3v) is 3.95. The van der Waals surface area contributed by atoms with E-state index in [1.165, 1.54) is 5.56 Å². The summed E-state index contributed by atoms with van der Waals surface area (Å²) < 4.78 is 5.92. The normalized spacial score (nSPS) is 28.6. The Labute approximate surface area is 109 Å². The van der Waals surface area contributed by atoms with Crippen molar-refractivity contribution in [2.75, 3.05) is 0 Å². The van der Waals surface area contributed by atoms with Gasteiger partial charge in [-0.2, -0.15) is 0 Å². The average molecular weight is 253 g/mol. The molecular weight excluding hydrogens is 232 g/mol. The minimum atomic E-state index is 0.178. The number of halogens is 1. The first-order chi connectivity index (χ1) is 8.01. The maximum absolute atomic E-state index is 6.26. The molecule has 1 nitrogen and oxygen atoms in total. The standard InChI is InChI=1S/C15H21ClO/c1-11(2)17-14-7-5-4-6-13(14)15(3)9-8-12(16)10-15/h4-7,11-12H,8-10H2,1-3H3. The minimum absolute atomic E-state index is 0.178. The van der Waals surface area contributed by atoms with Gasteiger partial charge < -0.3 is 4.74 Å². The van der Waals surface area contributed by atoms with Gasteiger partial charge in [0.1, 0.15) is 5.75 Å². The van der Waals surface area contributed by atoms with Crippen LogP contribution in [0.5, 0.6) is 5.75 Å². The zero-order valence-corrected chi connectivity index (χ0v) is 11.6. The SMILES string of the molecule is CC(C)Oc1ccccc1C1(C)CCC(Cl)C1. The zero-order chi connectivity index (χ0) is 12.5. The van der Waals surface area contributed by atoms with Crippen LogP contribution in [0.2, 0.25) is 0 Å². The summed E-state index contributed by atoms with van der Waals surface area (Å²) in [5, 5.41) is 0.312. The molecule has 2 heteroatoms. The number of benzene rings is 1. The van der Waals surface area contributed by atoms with Crippen LogP contribution >= 0.6 is 11.6 Å². The van der Waals surface area contributed by atoms with E-state index < -0.39 is 0 Å². The maximum Gasteiger partial charge on any atom is 0.123 e. The van der Waals surface area contributed by atoms with Gasteiger partial charge in [-0.3, -0.25) is 0 Å². The summed E-state index contributed by atoms with van der Waals surface area (Å²) in [5.41, 5.74) is 1.50. The highest BCUT2D eigenvalue weighted by atomic mass is 35.5. The Hall–Kier alpha value is -0.690. The van der Waals surface area contributed by atoms with Gasteiger partial charge in [-0.15, -0.1) is 11.6 Å². The van der Waals surface area contributed by atoms with Gasteiger partial charge in [0.25, 0.3) is 0 Å². The summed E-state index contributed by atoms with van der Waals surface area (Å²) in [4.78, 5) is 0. The summed E-state index contributed by atoms with van der Waals surface area (Å²) in [7, 11) is 0. The van der Waals surface area contributed by atoms with E-state index in [-0.39, 0.29) is 11.5 Å². The van der Waals surface area contributed by atoms with Crippen molar-refractivity contribution in [3.8, 4) is 5.75 Å². The highest BCUT2D eigenvalue weighted by Gasteiger charge is 2.37. The molecule has 17 heavy (non-hydrogen) atoms. The van der Waals surface area contributed by atoms with Crippen molar-refractivity contribution in [3.05, 3.63) is 29.8 Å². The van der Waals surface area contributed by atoms with Gasteiger partial charge in [0.15, 0.2) is 0 Å². The predicted molar refractivity (Wildman–Crippen MR) is 73.1 cm³/mol. The second kappa shape index (κ2) is 4.89. The first-order valence-electron chi connectivity index (χ1n) is 6.41. The second-order valence-electron chi connectivity index (χ2n) is 5.56. The first-order valence-corrected chi connectivity index (χ1v) is 6.85. The molecular formula is C15H21ClO. The lowest BCUT2D eigenvalue weighted by molar-refractivity contribution is 0.235. The third kappa shape index (κ3) is 2.77. The molecule has 0 saturated heterocycles. The van der Waals surface area contributed by atoms with Crippen molar-refractivity contribution in [2.45, 2.75) is 56.9 Å². The number of ether oxygens (including phenoxy) is 1. The average Bonchev–Trinajstić information content (AvgIpc) is 2.59. The van der Waals surface area contributed by atoms with E-state index in [2.05, 4.69) is 39.0 Å². The number of para-hydroxylation sites is 1. The summed E-state index contributed by atoms with van der Waals surface area (Å²) in [5.74, 6) is 1.02. The van der Waals surface area contributed by atoms with E-state index in [0.717, 1.165) is 25.0 Å². The van der Waals surface area contributed by atoms with Crippen molar-refractivity contribution in [1.82, 2.24) is 0 Å². The second-order valence-corrected chi connectivity index (χ2v) is 6.18. The molecule has 2 rings (SSSR count). The van der Waals surface area contributed by atoms with Crippen molar-refractivity contribution < 1.29 is 4.74 Å². The summed E-state index contributed by atoms with van der Waals surface area (Å²) >= 11 is 6.26. The Bertz CT molecular complexity index is 388. The molecule has 1 saturated carbocycles. The van der Waals surface area contributed by atoms with Crippen LogP contribution in [0.1, 0.15) is 45.6 Å². The molecule has 0 aliphatic heterocycles. The quantitative estimate of drug-likeness (QED) is 0.719. The molecule has 1 aliphatic carbocycles. The smallest absolute Gasteiger partial charge is 0.123 e. The van der Waals surface area contributed by atoms with Gasteiger partial charge >= 0.3 is 0 Å². The van der Waals surface area contributed by atoms with Crippen molar-refractivity contribution in [3.63, 3.8) is 0 Å². The molecule has 2 unspecified atom stereocenters. The van der Waals surface area contributed by atoms with Gasteiger partial charge in [-0.1, -0.05) is 25.1 Å². The number of rotatable bonds is 3. The molecule has 2 atom stereocenters. The van der Waals surface area contributed by atoms with Gasteiger partial charge in [0.2, 0.25) is 0 Å². The van der Waals surface area contributed by atoms with Crippen LogP contribution in [0.3, 0.4) is 0 Å². The molecule has 1 aromatic carbocycles. The summed E-state index contributed by atoms with van der Waals surface area (Å²) in [6.45, 7) is 6.44. The van der Waals surface area contributed by atoms with Gasteiger partial charge in [0.05, 0.1) is 6.10 Å². The monoisotopic (exact) mass is 252 g/mol. The molecule has 94 valence electrons. The Morgan fingerprint density at radius 2 is 2.06 bits per heavy atom. The van der Waals surface area contributed by atoms with Crippen LogP contribution in [0.15, 0.2) is 24.3 Å². The van der Waals surface area contributed by atoms with E-state index in [1.54, 1.807) is 0 Å². The molecule has 0 radical (unpaired) electrons. The minimum Gasteiger partial charge on any atom is -0.491 e. The molecule has 0 N–H and O–H groups in total. The lowest BCUT2D eigenvalue weighted by Crippen LogP contribution is -2.20. The maximum atomic E-state index is 6.26. The van der Waals surface area contributed by atoms with Crippen LogP contribution in [-0.4, -0.2) is 11.5 Å². The van der Waals surface area contributed by atoms with Crippen LogP contribution in [-0.2, 0) is 5.41 Å². The molecule has 0 aromatic heterocycles. The van der Waals surface area contributed by atoms with Crippen molar-refractivity contribution in [1.29, 1.82) is 0 Å². The van der Waals surface area contributed by atoms with E-state index >= 15 is 0 Å². The third-order valence-electron chi connectivity index (χ3n) is 3.58. The molecule has 1 fully saturated rings. The van der Waals surface area contributed by atoms with Crippen LogP contribution < -0.4 is 4.74 Å². The lowest BCUT2D eigenvalue weighted by Gasteiger charge is -2.27. The molecule has 1 aliphatic rings. The Balaban J connectivity index is 2.31.